The Kier molecular flexibility index (Phi) is 3.25. The summed E-state index contributed by atoms with van der Waals surface area (Å²) in [5.41, 5.74) is 9.71. The molecule has 0 bridgehead atoms. The first-order valence-corrected chi connectivity index (χ1v) is 5.82. The predicted octanol–water partition coefficient (Wildman–Crippen LogP) is 4.00. The van der Waals surface area contributed by atoms with Gasteiger partial charge in [-0.25, -0.2) is 0 Å². The molecule has 0 heterocycles. The van der Waals surface area contributed by atoms with E-state index >= 15 is 0 Å². The third kappa shape index (κ3) is 2.37. The normalized spacial score (nSPS) is 10.3. The minimum absolute atomic E-state index is 0.768. The van der Waals surface area contributed by atoms with Crippen molar-refractivity contribution < 1.29 is 0 Å². The summed E-state index contributed by atoms with van der Waals surface area (Å²) < 4.78 is 0. The minimum atomic E-state index is 0.768. The van der Waals surface area contributed by atoms with E-state index in [2.05, 4.69) is 11.0 Å². The lowest BCUT2D eigenvalue weighted by atomic mass is 10.1. The first kappa shape index (κ1) is 11.8. The van der Waals surface area contributed by atoms with Crippen LogP contribution in [0.5, 0.6) is 0 Å². The van der Waals surface area contributed by atoms with E-state index in [0.29, 0.717) is 0 Å². The van der Waals surface area contributed by atoms with E-state index in [1.54, 1.807) is 0 Å². The Morgan fingerprint density at radius 2 is 1.71 bits per heavy atom. The van der Waals surface area contributed by atoms with Crippen LogP contribution in [-0.2, 0) is 0 Å². The van der Waals surface area contributed by atoms with Gasteiger partial charge in [-0.2, -0.15) is 0 Å². The van der Waals surface area contributed by atoms with Crippen molar-refractivity contribution >= 4 is 28.7 Å². The Balaban J connectivity index is 2.40. The molecule has 2 aromatic rings. The monoisotopic (exact) mass is 246 g/mol. The van der Waals surface area contributed by atoms with Crippen LogP contribution in [0, 0.1) is 6.92 Å². The molecule has 0 aliphatic carbocycles. The number of nitrogens with two attached hydrogens (primary N) is 1. The molecule has 3 heteroatoms. The highest BCUT2D eigenvalue weighted by atomic mass is 35.5. The maximum Gasteiger partial charge on any atom is 0.0455 e. The van der Waals surface area contributed by atoms with Crippen LogP contribution in [0.15, 0.2) is 42.5 Å². The van der Waals surface area contributed by atoms with Gasteiger partial charge in [-0.05, 0) is 48.9 Å². The van der Waals surface area contributed by atoms with E-state index in [1.807, 2.05) is 50.4 Å². The summed E-state index contributed by atoms with van der Waals surface area (Å²) in [5, 5.41) is 0.782. The van der Waals surface area contributed by atoms with Crippen LogP contribution in [0.4, 0.5) is 17.1 Å². The van der Waals surface area contributed by atoms with Crippen LogP contribution in [0.2, 0.25) is 5.02 Å². The molecule has 0 amide bonds. The molecule has 0 saturated carbocycles. The predicted molar refractivity (Wildman–Crippen MR) is 75.1 cm³/mol. The van der Waals surface area contributed by atoms with Crippen LogP contribution in [-0.4, -0.2) is 7.05 Å². The number of nitrogens with zero attached hydrogens (tertiary/aromatic N) is 1. The molecule has 0 aliphatic rings. The highest BCUT2D eigenvalue weighted by molar-refractivity contribution is 6.31. The van der Waals surface area contributed by atoms with Gasteiger partial charge in [0, 0.05) is 29.1 Å². The second-order valence-corrected chi connectivity index (χ2v) is 4.44. The average molecular weight is 247 g/mol. The molecule has 2 aromatic carbocycles. The van der Waals surface area contributed by atoms with Gasteiger partial charge >= 0.3 is 0 Å². The molecule has 0 spiro atoms. The fraction of sp³-hybridized carbons (Fsp3) is 0.143. The van der Waals surface area contributed by atoms with Gasteiger partial charge < -0.3 is 10.6 Å². The van der Waals surface area contributed by atoms with Gasteiger partial charge in [-0.15, -0.1) is 0 Å². The molecule has 2 rings (SSSR count). The molecule has 88 valence electrons. The largest absolute Gasteiger partial charge is 0.399 e. The quantitative estimate of drug-likeness (QED) is 0.812. The molecule has 0 radical (unpaired) electrons. The summed E-state index contributed by atoms with van der Waals surface area (Å²) in [6, 6.07) is 13.7. The zero-order valence-corrected chi connectivity index (χ0v) is 10.7. The highest BCUT2D eigenvalue weighted by Gasteiger charge is 2.08. The van der Waals surface area contributed by atoms with E-state index in [9.17, 15) is 0 Å². The van der Waals surface area contributed by atoms with E-state index in [-0.39, 0.29) is 0 Å². The minimum Gasteiger partial charge on any atom is -0.399 e. The zero-order chi connectivity index (χ0) is 12.4. The number of rotatable bonds is 2. The van der Waals surface area contributed by atoms with Crippen LogP contribution in [0.1, 0.15) is 5.56 Å². The first-order valence-electron chi connectivity index (χ1n) is 5.44. The second kappa shape index (κ2) is 4.68. The molecule has 0 saturated heterocycles. The van der Waals surface area contributed by atoms with Crippen LogP contribution < -0.4 is 10.6 Å². The van der Waals surface area contributed by atoms with Gasteiger partial charge in [-0.3, -0.25) is 0 Å². The smallest absolute Gasteiger partial charge is 0.0455 e. The second-order valence-electron chi connectivity index (χ2n) is 4.03. The van der Waals surface area contributed by atoms with Gasteiger partial charge in [0.1, 0.15) is 0 Å². The lowest BCUT2D eigenvalue weighted by Gasteiger charge is -2.22. The summed E-state index contributed by atoms with van der Waals surface area (Å²) in [7, 11) is 2.02. The average Bonchev–Trinajstić information content (AvgIpc) is 2.33. The summed E-state index contributed by atoms with van der Waals surface area (Å²) >= 11 is 6.12. The summed E-state index contributed by atoms with van der Waals surface area (Å²) in [6.45, 7) is 2.02. The Morgan fingerprint density at radius 3 is 2.35 bits per heavy atom. The fourth-order valence-electron chi connectivity index (χ4n) is 1.80. The van der Waals surface area contributed by atoms with Crippen molar-refractivity contribution in [1.29, 1.82) is 0 Å². The van der Waals surface area contributed by atoms with Crippen molar-refractivity contribution in [2.45, 2.75) is 6.92 Å². The van der Waals surface area contributed by atoms with Gasteiger partial charge in [0.05, 0.1) is 0 Å². The standard InChI is InChI=1S/C14H15ClN2/c1-10-13(15)4-3-5-14(10)17(2)12-8-6-11(16)7-9-12/h3-9H,16H2,1-2H3. The summed E-state index contributed by atoms with van der Waals surface area (Å²) in [4.78, 5) is 2.10. The SMILES string of the molecule is Cc1c(Cl)cccc1N(C)c1ccc(N)cc1. The zero-order valence-electron chi connectivity index (χ0n) is 9.94. The topological polar surface area (TPSA) is 29.3 Å². The molecular weight excluding hydrogens is 232 g/mol. The highest BCUT2D eigenvalue weighted by Crippen LogP contribution is 2.30. The van der Waals surface area contributed by atoms with Crippen LogP contribution in [0.25, 0.3) is 0 Å². The molecule has 2 nitrogen and oxygen atoms in total. The Hall–Kier alpha value is -1.67. The molecule has 0 unspecified atom stereocenters. The van der Waals surface area contributed by atoms with Gasteiger partial charge in [0.2, 0.25) is 0 Å². The van der Waals surface area contributed by atoms with Crippen LogP contribution in [0.3, 0.4) is 0 Å². The number of hydrogen-bond acceptors (Lipinski definition) is 2. The summed E-state index contributed by atoms with van der Waals surface area (Å²) in [6.07, 6.45) is 0. The number of benzene rings is 2. The number of nitrogen functional groups attached to an aromatic ring is 1. The Morgan fingerprint density at radius 1 is 1.06 bits per heavy atom. The van der Waals surface area contributed by atoms with Crippen molar-refractivity contribution in [3.8, 4) is 0 Å². The summed E-state index contributed by atoms with van der Waals surface area (Å²) in [5.74, 6) is 0. The van der Waals surface area contributed by atoms with Gasteiger partial charge in [0.15, 0.2) is 0 Å². The van der Waals surface area contributed by atoms with Gasteiger partial charge in [-0.1, -0.05) is 17.7 Å². The van der Waals surface area contributed by atoms with E-state index in [1.165, 1.54) is 0 Å². The maximum absolute atomic E-state index is 6.12. The number of hydrogen-bond donors (Lipinski definition) is 1. The van der Waals surface area contributed by atoms with Crippen molar-refractivity contribution in [2.24, 2.45) is 0 Å². The van der Waals surface area contributed by atoms with E-state index in [4.69, 9.17) is 17.3 Å². The van der Waals surface area contributed by atoms with E-state index in [0.717, 1.165) is 27.6 Å². The Bertz CT molecular complexity index is 520. The van der Waals surface area contributed by atoms with Crippen molar-refractivity contribution in [3.05, 3.63) is 53.1 Å². The van der Waals surface area contributed by atoms with Crippen molar-refractivity contribution in [1.82, 2.24) is 0 Å². The lowest BCUT2D eigenvalue weighted by Crippen LogP contribution is -2.10. The molecular formula is C14H15ClN2. The maximum atomic E-state index is 6.12. The van der Waals surface area contributed by atoms with Crippen LogP contribution >= 0.6 is 11.6 Å². The fourth-order valence-corrected chi connectivity index (χ4v) is 1.97. The van der Waals surface area contributed by atoms with E-state index < -0.39 is 0 Å². The van der Waals surface area contributed by atoms with Crippen molar-refractivity contribution in [2.75, 3.05) is 17.7 Å². The lowest BCUT2D eigenvalue weighted by molar-refractivity contribution is 1.19. The Labute approximate surface area is 107 Å². The van der Waals surface area contributed by atoms with Gasteiger partial charge in [0.25, 0.3) is 0 Å². The molecule has 17 heavy (non-hydrogen) atoms. The molecule has 0 fully saturated rings. The number of halogens is 1. The van der Waals surface area contributed by atoms with Crippen molar-refractivity contribution in [3.63, 3.8) is 0 Å². The molecule has 2 N–H and O–H groups in total. The third-order valence-corrected chi connectivity index (χ3v) is 3.29. The first-order chi connectivity index (χ1) is 8.09. The number of anilines is 3. The molecule has 0 aliphatic heterocycles. The third-order valence-electron chi connectivity index (χ3n) is 2.88. The molecule has 0 aromatic heterocycles. The molecule has 0 atom stereocenters.